The Kier molecular flexibility index (Phi) is 4.04. The largest absolute Gasteiger partial charge is 0.0742 e. The highest BCUT2D eigenvalue weighted by atomic mass is 14.4. The van der Waals surface area contributed by atoms with E-state index in [1.165, 1.54) is 11.1 Å². The van der Waals surface area contributed by atoms with Crippen molar-refractivity contribution >= 4 is 0 Å². The molecule has 2 rings (SSSR count). The Morgan fingerprint density at radius 2 is 1.70 bits per heavy atom. The van der Waals surface area contributed by atoms with Crippen LogP contribution in [0.1, 0.15) is 46.1 Å². The van der Waals surface area contributed by atoms with Crippen molar-refractivity contribution < 1.29 is 0 Å². The van der Waals surface area contributed by atoms with E-state index in [1.54, 1.807) is 0 Å². The molecule has 0 saturated heterocycles. The van der Waals surface area contributed by atoms with Crippen LogP contribution in [0.3, 0.4) is 0 Å². The summed E-state index contributed by atoms with van der Waals surface area (Å²) in [7, 11) is 0. The van der Waals surface area contributed by atoms with Crippen molar-refractivity contribution in [3.8, 4) is 0 Å². The zero-order valence-electron chi connectivity index (χ0n) is 13.4. The molecule has 0 amide bonds. The Hall–Kier alpha value is -1.56. The van der Waals surface area contributed by atoms with Crippen LogP contribution in [0.5, 0.6) is 0 Å². The van der Waals surface area contributed by atoms with E-state index >= 15 is 0 Å². The molecule has 2 atom stereocenters. The fourth-order valence-corrected chi connectivity index (χ4v) is 2.87. The van der Waals surface area contributed by atoms with Gasteiger partial charge in [0.1, 0.15) is 0 Å². The average molecular weight is 266 g/mol. The smallest absolute Gasteiger partial charge is 0.00957 e. The summed E-state index contributed by atoms with van der Waals surface area (Å²) in [6.45, 7) is 11.6. The van der Waals surface area contributed by atoms with Crippen LogP contribution < -0.4 is 0 Å². The van der Waals surface area contributed by atoms with E-state index in [0.29, 0.717) is 5.92 Å². The molecule has 1 aromatic rings. The van der Waals surface area contributed by atoms with Crippen molar-refractivity contribution in [1.29, 1.82) is 0 Å². The highest BCUT2D eigenvalue weighted by molar-refractivity contribution is 5.33. The van der Waals surface area contributed by atoms with E-state index in [0.717, 1.165) is 0 Å². The first-order valence-electron chi connectivity index (χ1n) is 7.47. The quantitative estimate of drug-likeness (QED) is 0.639. The number of hydrogen-bond donors (Lipinski definition) is 0. The fraction of sp³-hybridized carbons (Fsp3) is 0.400. The topological polar surface area (TPSA) is 0 Å². The standard InChI is InChI=1S/C20H26/c1-16-10-9-14-20(5,15-13-16)19(3,4)17(2)18-11-7-6-8-12-18/h6-15,17H,1-5H3. The van der Waals surface area contributed by atoms with Gasteiger partial charge in [-0.3, -0.25) is 0 Å². The third-order valence-electron chi connectivity index (χ3n) is 5.26. The first kappa shape index (κ1) is 14.8. The fourth-order valence-electron chi connectivity index (χ4n) is 2.87. The molecule has 0 aromatic heterocycles. The molecule has 1 aliphatic rings. The van der Waals surface area contributed by atoms with E-state index in [2.05, 4.69) is 95.3 Å². The lowest BCUT2D eigenvalue weighted by Crippen LogP contribution is -2.36. The summed E-state index contributed by atoms with van der Waals surface area (Å²) < 4.78 is 0. The molecule has 0 bridgehead atoms. The minimum absolute atomic E-state index is 0.0521. The summed E-state index contributed by atoms with van der Waals surface area (Å²) >= 11 is 0. The molecule has 0 spiro atoms. The minimum atomic E-state index is 0.0521. The van der Waals surface area contributed by atoms with Crippen LogP contribution >= 0.6 is 0 Å². The normalized spacial score (nSPS) is 24.1. The highest BCUT2D eigenvalue weighted by Crippen LogP contribution is 2.51. The van der Waals surface area contributed by atoms with E-state index in [1.807, 2.05) is 0 Å². The van der Waals surface area contributed by atoms with Crippen molar-refractivity contribution in [2.24, 2.45) is 10.8 Å². The van der Waals surface area contributed by atoms with Gasteiger partial charge >= 0.3 is 0 Å². The van der Waals surface area contributed by atoms with Crippen LogP contribution in [0.4, 0.5) is 0 Å². The molecular weight excluding hydrogens is 240 g/mol. The Labute approximate surface area is 123 Å². The van der Waals surface area contributed by atoms with Crippen LogP contribution in [0.2, 0.25) is 0 Å². The van der Waals surface area contributed by atoms with Crippen LogP contribution in [-0.2, 0) is 0 Å². The van der Waals surface area contributed by atoms with Crippen LogP contribution in [-0.4, -0.2) is 0 Å². The Bertz CT molecular complexity index is 543. The Morgan fingerprint density at radius 1 is 1.05 bits per heavy atom. The van der Waals surface area contributed by atoms with Gasteiger partial charge in [-0.2, -0.15) is 0 Å². The van der Waals surface area contributed by atoms with Crippen LogP contribution in [0.15, 0.2) is 66.3 Å². The third-order valence-corrected chi connectivity index (χ3v) is 5.26. The lowest BCUT2D eigenvalue weighted by atomic mass is 9.59. The number of benzene rings is 1. The highest BCUT2D eigenvalue weighted by Gasteiger charge is 2.41. The van der Waals surface area contributed by atoms with Crippen molar-refractivity contribution in [3.63, 3.8) is 0 Å². The molecule has 0 saturated carbocycles. The van der Waals surface area contributed by atoms with E-state index in [9.17, 15) is 0 Å². The van der Waals surface area contributed by atoms with Gasteiger partial charge in [0.25, 0.3) is 0 Å². The Morgan fingerprint density at radius 3 is 2.35 bits per heavy atom. The van der Waals surface area contributed by atoms with E-state index < -0.39 is 0 Å². The van der Waals surface area contributed by atoms with Crippen molar-refractivity contribution in [1.82, 2.24) is 0 Å². The lowest BCUT2D eigenvalue weighted by Gasteiger charge is -2.45. The van der Waals surface area contributed by atoms with E-state index in [4.69, 9.17) is 0 Å². The maximum atomic E-state index is 2.38. The van der Waals surface area contributed by atoms with Crippen molar-refractivity contribution in [3.05, 3.63) is 71.8 Å². The number of allylic oxidation sites excluding steroid dienone is 6. The van der Waals surface area contributed by atoms with Gasteiger partial charge in [-0.15, -0.1) is 0 Å². The van der Waals surface area contributed by atoms with Gasteiger partial charge in [0.05, 0.1) is 0 Å². The second kappa shape index (κ2) is 5.44. The first-order valence-corrected chi connectivity index (χ1v) is 7.47. The molecule has 106 valence electrons. The summed E-state index contributed by atoms with van der Waals surface area (Å²) in [6.07, 6.45) is 11.3. The molecule has 20 heavy (non-hydrogen) atoms. The maximum absolute atomic E-state index is 2.38. The maximum Gasteiger partial charge on any atom is 0.00957 e. The Balaban J connectivity index is 2.37. The molecule has 0 heterocycles. The molecule has 0 N–H and O–H groups in total. The van der Waals surface area contributed by atoms with Crippen molar-refractivity contribution in [2.45, 2.75) is 40.5 Å². The summed E-state index contributed by atoms with van der Waals surface area (Å²) in [5, 5.41) is 0. The second-order valence-corrected chi connectivity index (χ2v) is 6.74. The molecular formula is C20H26. The van der Waals surface area contributed by atoms with Crippen LogP contribution in [0.25, 0.3) is 0 Å². The minimum Gasteiger partial charge on any atom is -0.0742 e. The summed E-state index contributed by atoms with van der Waals surface area (Å²) in [4.78, 5) is 0. The molecule has 0 aliphatic heterocycles. The molecule has 0 fully saturated rings. The van der Waals surface area contributed by atoms with E-state index in [-0.39, 0.29) is 10.8 Å². The molecule has 1 aliphatic carbocycles. The second-order valence-electron chi connectivity index (χ2n) is 6.74. The summed E-state index contributed by atoms with van der Waals surface area (Å²) in [5.41, 5.74) is 2.92. The van der Waals surface area contributed by atoms with Gasteiger partial charge in [-0.1, -0.05) is 94.0 Å². The third kappa shape index (κ3) is 2.65. The SMILES string of the molecule is CC1=CC=CC(C)(C(C)(C)C(C)c2ccccc2)C=C1. The van der Waals surface area contributed by atoms with Gasteiger partial charge < -0.3 is 0 Å². The summed E-state index contributed by atoms with van der Waals surface area (Å²) in [6, 6.07) is 10.8. The monoisotopic (exact) mass is 266 g/mol. The van der Waals surface area contributed by atoms with Gasteiger partial charge in [0.15, 0.2) is 0 Å². The molecule has 0 heteroatoms. The lowest BCUT2D eigenvalue weighted by molar-refractivity contribution is 0.159. The molecule has 0 radical (unpaired) electrons. The predicted molar refractivity (Wildman–Crippen MR) is 88.8 cm³/mol. The summed E-state index contributed by atoms with van der Waals surface area (Å²) in [5.74, 6) is 0.487. The zero-order valence-corrected chi connectivity index (χ0v) is 13.4. The predicted octanol–water partition coefficient (Wildman–Crippen LogP) is 5.89. The number of rotatable bonds is 3. The van der Waals surface area contributed by atoms with Gasteiger partial charge in [0.2, 0.25) is 0 Å². The van der Waals surface area contributed by atoms with Gasteiger partial charge in [-0.05, 0) is 23.8 Å². The van der Waals surface area contributed by atoms with Gasteiger partial charge in [-0.25, -0.2) is 0 Å². The first-order chi connectivity index (χ1) is 9.37. The molecule has 2 unspecified atom stereocenters. The van der Waals surface area contributed by atoms with Crippen molar-refractivity contribution in [2.75, 3.05) is 0 Å². The zero-order chi connectivity index (χ0) is 14.8. The average Bonchev–Trinajstić information content (AvgIpc) is 2.62. The van der Waals surface area contributed by atoms with Gasteiger partial charge in [0, 0.05) is 5.41 Å². The van der Waals surface area contributed by atoms with Crippen LogP contribution in [0, 0.1) is 10.8 Å². The molecule has 0 nitrogen and oxygen atoms in total. The number of hydrogen-bond acceptors (Lipinski definition) is 0. The molecule has 1 aromatic carbocycles.